The molecule has 1 atom stereocenters. The number of benzene rings is 2. The Morgan fingerprint density at radius 3 is 2.41 bits per heavy atom. The number of amides is 1. The fourth-order valence-corrected chi connectivity index (χ4v) is 2.76. The van der Waals surface area contributed by atoms with Gasteiger partial charge in [0.05, 0.1) is 13.2 Å². The Labute approximate surface area is 185 Å². The molecule has 1 heterocycles. The Hall–Kier alpha value is -3.62. The van der Waals surface area contributed by atoms with Gasteiger partial charge in [0, 0.05) is 5.56 Å². The molecule has 0 saturated carbocycles. The summed E-state index contributed by atoms with van der Waals surface area (Å²) in [7, 11) is 0. The van der Waals surface area contributed by atoms with Crippen molar-refractivity contribution >= 4 is 11.7 Å². The average Bonchev–Trinajstić information content (AvgIpc) is 3.26. The summed E-state index contributed by atoms with van der Waals surface area (Å²) in [6.07, 6.45) is 0.852. The van der Waals surface area contributed by atoms with E-state index < -0.39 is 12.0 Å². The van der Waals surface area contributed by atoms with Gasteiger partial charge in [-0.05, 0) is 72.5 Å². The third-order valence-corrected chi connectivity index (χ3v) is 4.37. The number of carbonyl (C=O) groups excluding carboxylic acids is 1. The molecule has 2 aromatic carbocycles. The molecule has 0 aliphatic heterocycles. The van der Waals surface area contributed by atoms with E-state index in [0.29, 0.717) is 41.7 Å². The number of carbonyl (C=O) groups is 1. The second-order valence-corrected chi connectivity index (χ2v) is 7.02. The molecule has 0 bridgehead atoms. The van der Waals surface area contributed by atoms with Crippen molar-refractivity contribution in [2.75, 3.05) is 18.5 Å². The second kappa shape index (κ2) is 11.1. The first-order chi connectivity index (χ1) is 15.5. The molecule has 8 nitrogen and oxygen atoms in total. The highest BCUT2D eigenvalue weighted by Gasteiger charge is 2.21. The van der Waals surface area contributed by atoms with E-state index in [0.717, 1.165) is 12.8 Å². The van der Waals surface area contributed by atoms with Gasteiger partial charge in [0.2, 0.25) is 5.82 Å². The molecule has 0 aliphatic rings. The lowest BCUT2D eigenvalue weighted by atomic mass is 10.1. The van der Waals surface area contributed by atoms with Crippen molar-refractivity contribution in [1.29, 1.82) is 0 Å². The van der Waals surface area contributed by atoms with Crippen LogP contribution in [0.5, 0.6) is 17.2 Å². The Balaban J connectivity index is 1.75. The molecule has 9 heteroatoms. The number of rotatable bonds is 11. The fraction of sp³-hybridized carbons (Fsp3) is 0.348. The van der Waals surface area contributed by atoms with E-state index in [2.05, 4.69) is 15.6 Å². The molecule has 0 spiro atoms. The second-order valence-electron chi connectivity index (χ2n) is 7.02. The van der Waals surface area contributed by atoms with Gasteiger partial charge in [-0.3, -0.25) is 4.79 Å². The van der Waals surface area contributed by atoms with Gasteiger partial charge >= 0.3 is 0 Å². The van der Waals surface area contributed by atoms with Crippen LogP contribution in [0.15, 0.2) is 47.1 Å². The van der Waals surface area contributed by atoms with E-state index in [-0.39, 0.29) is 11.6 Å². The van der Waals surface area contributed by atoms with Crippen molar-refractivity contribution in [3.05, 3.63) is 48.3 Å². The van der Waals surface area contributed by atoms with Gasteiger partial charge in [0.25, 0.3) is 5.91 Å². The molecule has 0 radical (unpaired) electrons. The number of hydrogen-bond acceptors (Lipinski definition) is 7. The first-order valence-electron chi connectivity index (χ1n) is 10.5. The van der Waals surface area contributed by atoms with Crippen molar-refractivity contribution in [3.63, 3.8) is 0 Å². The van der Waals surface area contributed by atoms with Crippen LogP contribution >= 0.6 is 0 Å². The summed E-state index contributed by atoms with van der Waals surface area (Å²) in [5.74, 6) is 0.873. The van der Waals surface area contributed by atoms with E-state index in [4.69, 9.17) is 18.8 Å². The Morgan fingerprint density at radius 2 is 1.72 bits per heavy atom. The Morgan fingerprint density at radius 1 is 1.03 bits per heavy atom. The SMILES string of the molecule is CCCOc1ccc(-c2nonc2NC(=O)[C@@H](C)Oc2ccc(F)cc2)cc1OCCC. The molecule has 0 unspecified atom stereocenters. The molecule has 0 saturated heterocycles. The average molecular weight is 443 g/mol. The molecule has 3 aromatic rings. The van der Waals surface area contributed by atoms with Gasteiger partial charge in [-0.2, -0.15) is 0 Å². The van der Waals surface area contributed by atoms with Gasteiger partial charge in [-0.1, -0.05) is 13.8 Å². The Bertz CT molecular complexity index is 1020. The largest absolute Gasteiger partial charge is 0.490 e. The standard InChI is InChI=1S/C23H26FN3O5/c1-4-12-29-19-11-6-16(14-20(19)30-13-5-2)21-22(27-32-26-21)25-23(28)15(3)31-18-9-7-17(24)8-10-18/h6-11,14-15H,4-5,12-13H2,1-3H3,(H,25,27,28)/t15-/m1/s1. The summed E-state index contributed by atoms with van der Waals surface area (Å²) in [5.41, 5.74) is 0.985. The molecule has 3 rings (SSSR count). The highest BCUT2D eigenvalue weighted by molar-refractivity contribution is 5.96. The van der Waals surface area contributed by atoms with Gasteiger partial charge in [-0.15, -0.1) is 0 Å². The highest BCUT2D eigenvalue weighted by atomic mass is 19.1. The van der Waals surface area contributed by atoms with Crippen LogP contribution in [-0.4, -0.2) is 35.5 Å². The number of halogens is 1. The number of anilines is 1. The predicted molar refractivity (Wildman–Crippen MR) is 116 cm³/mol. The maximum absolute atomic E-state index is 13.0. The van der Waals surface area contributed by atoms with Crippen molar-refractivity contribution in [1.82, 2.24) is 10.3 Å². The van der Waals surface area contributed by atoms with Gasteiger partial charge in [0.15, 0.2) is 23.3 Å². The minimum absolute atomic E-state index is 0.147. The first kappa shape index (κ1) is 23.1. The number of nitrogens with zero attached hydrogens (tertiary/aromatic N) is 2. The number of hydrogen-bond donors (Lipinski definition) is 1. The third-order valence-electron chi connectivity index (χ3n) is 4.37. The maximum atomic E-state index is 13.0. The minimum Gasteiger partial charge on any atom is -0.490 e. The summed E-state index contributed by atoms with van der Waals surface area (Å²) in [6.45, 7) is 6.71. The van der Waals surface area contributed by atoms with E-state index >= 15 is 0 Å². The first-order valence-corrected chi connectivity index (χ1v) is 10.5. The lowest BCUT2D eigenvalue weighted by molar-refractivity contribution is -0.122. The fourth-order valence-electron chi connectivity index (χ4n) is 2.76. The zero-order chi connectivity index (χ0) is 22.9. The van der Waals surface area contributed by atoms with Crippen LogP contribution in [0.3, 0.4) is 0 Å². The van der Waals surface area contributed by atoms with E-state index in [9.17, 15) is 9.18 Å². The van der Waals surface area contributed by atoms with E-state index in [1.807, 2.05) is 13.8 Å². The summed E-state index contributed by atoms with van der Waals surface area (Å²) in [5, 5.41) is 10.4. The summed E-state index contributed by atoms with van der Waals surface area (Å²) < 4.78 is 35.0. The lowest BCUT2D eigenvalue weighted by Gasteiger charge is -2.14. The van der Waals surface area contributed by atoms with Crippen LogP contribution in [0.25, 0.3) is 11.3 Å². The Kier molecular flexibility index (Phi) is 8.02. The number of aromatic nitrogens is 2. The molecule has 1 N–H and O–H groups in total. The van der Waals surface area contributed by atoms with Crippen molar-refractivity contribution < 1.29 is 28.0 Å². The molecular formula is C23H26FN3O5. The quantitative estimate of drug-likeness (QED) is 0.452. The molecular weight excluding hydrogens is 417 g/mol. The molecule has 1 aromatic heterocycles. The van der Waals surface area contributed by atoms with E-state index in [1.165, 1.54) is 24.3 Å². The van der Waals surface area contributed by atoms with Gasteiger partial charge < -0.3 is 19.5 Å². The van der Waals surface area contributed by atoms with Gasteiger partial charge in [0.1, 0.15) is 11.6 Å². The molecule has 170 valence electrons. The zero-order valence-electron chi connectivity index (χ0n) is 18.3. The summed E-state index contributed by atoms with van der Waals surface area (Å²) in [6, 6.07) is 10.8. The zero-order valence-corrected chi connectivity index (χ0v) is 18.3. The maximum Gasteiger partial charge on any atom is 0.266 e. The normalized spacial score (nSPS) is 11.6. The van der Waals surface area contributed by atoms with Crippen LogP contribution in [0.2, 0.25) is 0 Å². The molecule has 0 aliphatic carbocycles. The van der Waals surface area contributed by atoms with Crippen LogP contribution in [0.4, 0.5) is 10.2 Å². The summed E-state index contributed by atoms with van der Waals surface area (Å²) in [4.78, 5) is 12.6. The molecule has 32 heavy (non-hydrogen) atoms. The van der Waals surface area contributed by atoms with Crippen LogP contribution < -0.4 is 19.5 Å². The predicted octanol–water partition coefficient (Wildman–Crippen LogP) is 4.86. The monoisotopic (exact) mass is 443 g/mol. The minimum atomic E-state index is -0.863. The van der Waals surface area contributed by atoms with Crippen LogP contribution in [-0.2, 0) is 4.79 Å². The smallest absolute Gasteiger partial charge is 0.266 e. The summed E-state index contributed by atoms with van der Waals surface area (Å²) >= 11 is 0. The van der Waals surface area contributed by atoms with E-state index in [1.54, 1.807) is 25.1 Å². The van der Waals surface area contributed by atoms with Gasteiger partial charge in [-0.25, -0.2) is 9.02 Å². The molecule has 1 amide bonds. The highest BCUT2D eigenvalue weighted by Crippen LogP contribution is 2.34. The van der Waals surface area contributed by atoms with Crippen LogP contribution in [0, 0.1) is 5.82 Å². The van der Waals surface area contributed by atoms with Crippen molar-refractivity contribution in [2.45, 2.75) is 39.7 Å². The van der Waals surface area contributed by atoms with Crippen molar-refractivity contribution in [2.24, 2.45) is 0 Å². The third kappa shape index (κ3) is 5.96. The number of nitrogens with one attached hydrogen (secondary N) is 1. The van der Waals surface area contributed by atoms with Crippen LogP contribution in [0.1, 0.15) is 33.6 Å². The van der Waals surface area contributed by atoms with Crippen molar-refractivity contribution in [3.8, 4) is 28.5 Å². The number of ether oxygens (including phenoxy) is 3. The topological polar surface area (TPSA) is 95.7 Å². The lowest BCUT2D eigenvalue weighted by Crippen LogP contribution is -2.30. The molecule has 0 fully saturated rings.